The Bertz CT molecular complexity index is 600. The van der Waals surface area contributed by atoms with Crippen LogP contribution < -0.4 is 11.1 Å². The average molecular weight is 445 g/mol. The fourth-order valence-electron chi connectivity index (χ4n) is 4.19. The van der Waals surface area contributed by atoms with Crippen LogP contribution in [0.5, 0.6) is 0 Å². The van der Waals surface area contributed by atoms with Crippen LogP contribution in [0, 0.1) is 0 Å². The van der Waals surface area contributed by atoms with Crippen LogP contribution >= 0.6 is 0 Å². The normalized spacial score (nSPS) is 13.0. The third-order valence-electron chi connectivity index (χ3n) is 6.36. The summed E-state index contributed by atoms with van der Waals surface area (Å²) in [5.41, 5.74) is 7.37. The number of aldehydes is 1. The first-order valence-electron chi connectivity index (χ1n) is 13.2. The lowest BCUT2D eigenvalue weighted by Gasteiger charge is -2.19. The topological polar surface area (TPSA) is 72.2 Å². The summed E-state index contributed by atoms with van der Waals surface area (Å²) < 4.78 is 0. The largest absolute Gasteiger partial charge is 0.349 e. The lowest BCUT2D eigenvalue weighted by atomic mass is 10.00. The van der Waals surface area contributed by atoms with Crippen molar-refractivity contribution in [2.24, 2.45) is 5.73 Å². The molecule has 0 saturated heterocycles. The highest BCUT2D eigenvalue weighted by atomic mass is 16.1. The monoisotopic (exact) mass is 444 g/mol. The van der Waals surface area contributed by atoms with Gasteiger partial charge in [-0.25, -0.2) is 0 Å². The molecule has 1 amide bonds. The second kappa shape index (κ2) is 18.8. The summed E-state index contributed by atoms with van der Waals surface area (Å²) in [5.74, 6) is -0.0297. The van der Waals surface area contributed by atoms with E-state index in [1.54, 1.807) is 24.3 Å². The molecule has 1 aromatic carbocycles. The van der Waals surface area contributed by atoms with Gasteiger partial charge in [-0.05, 0) is 37.8 Å². The summed E-state index contributed by atoms with van der Waals surface area (Å²) in [6.45, 7) is 4.42. The Balaban J connectivity index is 2.16. The van der Waals surface area contributed by atoms with Crippen molar-refractivity contribution in [1.29, 1.82) is 0 Å². The van der Waals surface area contributed by atoms with Crippen molar-refractivity contribution in [1.82, 2.24) is 5.32 Å². The van der Waals surface area contributed by atoms with E-state index in [1.165, 1.54) is 77.0 Å². The summed E-state index contributed by atoms with van der Waals surface area (Å²) in [6, 6.07) is 7.51. The number of carbonyl (C=O) groups excluding carboxylic acids is 2. The Morgan fingerprint density at radius 2 is 1.25 bits per heavy atom. The van der Waals surface area contributed by atoms with Crippen molar-refractivity contribution < 1.29 is 9.59 Å². The van der Waals surface area contributed by atoms with Crippen LogP contribution in [0.1, 0.15) is 137 Å². The van der Waals surface area contributed by atoms with Gasteiger partial charge >= 0.3 is 0 Å². The zero-order valence-corrected chi connectivity index (χ0v) is 20.7. The molecule has 3 N–H and O–H groups in total. The smallest absolute Gasteiger partial charge is 0.251 e. The number of rotatable bonds is 20. The van der Waals surface area contributed by atoms with E-state index in [2.05, 4.69) is 19.2 Å². The van der Waals surface area contributed by atoms with Gasteiger partial charge < -0.3 is 11.1 Å². The molecule has 0 aliphatic carbocycles. The molecule has 182 valence electrons. The van der Waals surface area contributed by atoms with Gasteiger partial charge in [-0.1, -0.05) is 103 Å². The second-order valence-corrected chi connectivity index (χ2v) is 9.36. The molecule has 0 saturated carbocycles. The molecule has 1 unspecified atom stereocenters. The van der Waals surface area contributed by atoms with Gasteiger partial charge in [-0.15, -0.1) is 0 Å². The fourth-order valence-corrected chi connectivity index (χ4v) is 4.19. The second-order valence-electron chi connectivity index (χ2n) is 9.36. The summed E-state index contributed by atoms with van der Waals surface area (Å²) in [7, 11) is 0. The maximum atomic E-state index is 12.6. The van der Waals surface area contributed by atoms with Crippen molar-refractivity contribution in [2.75, 3.05) is 0 Å². The van der Waals surface area contributed by atoms with Gasteiger partial charge in [0.15, 0.2) is 0 Å². The highest BCUT2D eigenvalue weighted by Gasteiger charge is 2.13. The molecule has 0 aromatic heterocycles. The van der Waals surface area contributed by atoms with Gasteiger partial charge in [-0.3, -0.25) is 9.59 Å². The molecule has 4 nitrogen and oxygen atoms in total. The summed E-state index contributed by atoms with van der Waals surface area (Å²) in [6.07, 6.45) is 20.3. The SMILES string of the molecule is CCCCC(N)CCCCCCCCCC[C@H](CCCC)NC(=O)c1ccc(C=O)cc1. The molecule has 0 aliphatic rings. The van der Waals surface area contributed by atoms with Gasteiger partial charge in [0.05, 0.1) is 0 Å². The lowest BCUT2D eigenvalue weighted by Crippen LogP contribution is -2.34. The number of unbranched alkanes of at least 4 members (excludes halogenated alkanes) is 9. The number of amides is 1. The van der Waals surface area contributed by atoms with Crippen LogP contribution in [0.25, 0.3) is 0 Å². The molecular weight excluding hydrogens is 396 g/mol. The molecule has 4 heteroatoms. The highest BCUT2D eigenvalue weighted by molar-refractivity contribution is 5.95. The number of carbonyl (C=O) groups is 2. The molecule has 1 rings (SSSR count). The first-order valence-corrected chi connectivity index (χ1v) is 13.2. The number of hydrogen-bond acceptors (Lipinski definition) is 3. The minimum atomic E-state index is -0.0297. The molecule has 32 heavy (non-hydrogen) atoms. The number of nitrogens with one attached hydrogen (secondary N) is 1. The van der Waals surface area contributed by atoms with Gasteiger partial charge in [-0.2, -0.15) is 0 Å². The zero-order valence-electron chi connectivity index (χ0n) is 20.7. The van der Waals surface area contributed by atoms with Crippen molar-refractivity contribution in [3.63, 3.8) is 0 Å². The van der Waals surface area contributed by atoms with E-state index >= 15 is 0 Å². The van der Waals surface area contributed by atoms with Crippen LogP contribution in [0.2, 0.25) is 0 Å². The zero-order chi connectivity index (χ0) is 23.4. The maximum Gasteiger partial charge on any atom is 0.251 e. The van der Waals surface area contributed by atoms with Gasteiger partial charge in [0, 0.05) is 23.2 Å². The van der Waals surface area contributed by atoms with Crippen LogP contribution in [0.4, 0.5) is 0 Å². The lowest BCUT2D eigenvalue weighted by molar-refractivity contribution is 0.0931. The molecule has 1 aromatic rings. The summed E-state index contributed by atoms with van der Waals surface area (Å²) >= 11 is 0. The van der Waals surface area contributed by atoms with Gasteiger partial charge in [0.25, 0.3) is 5.91 Å². The maximum absolute atomic E-state index is 12.6. The van der Waals surface area contributed by atoms with Crippen LogP contribution in [0.15, 0.2) is 24.3 Å². The van der Waals surface area contributed by atoms with Gasteiger partial charge in [0.1, 0.15) is 6.29 Å². The van der Waals surface area contributed by atoms with Crippen molar-refractivity contribution in [3.8, 4) is 0 Å². The third-order valence-corrected chi connectivity index (χ3v) is 6.36. The Morgan fingerprint density at radius 1 is 0.781 bits per heavy atom. The number of benzene rings is 1. The fraction of sp³-hybridized carbons (Fsp3) is 0.714. The van der Waals surface area contributed by atoms with E-state index in [4.69, 9.17) is 5.73 Å². The number of hydrogen-bond donors (Lipinski definition) is 2. The molecular formula is C28H48N2O2. The van der Waals surface area contributed by atoms with Crippen LogP contribution in [-0.4, -0.2) is 24.3 Å². The van der Waals surface area contributed by atoms with E-state index in [1.807, 2.05) is 0 Å². The first-order chi connectivity index (χ1) is 15.6. The number of nitrogens with two attached hydrogens (primary N) is 1. The quantitative estimate of drug-likeness (QED) is 0.165. The van der Waals surface area contributed by atoms with E-state index < -0.39 is 0 Å². The molecule has 0 aliphatic heterocycles. The van der Waals surface area contributed by atoms with Crippen LogP contribution in [-0.2, 0) is 0 Å². The molecule has 2 atom stereocenters. The van der Waals surface area contributed by atoms with E-state index in [-0.39, 0.29) is 11.9 Å². The minimum absolute atomic E-state index is 0.0297. The Kier molecular flexibility index (Phi) is 16.7. The van der Waals surface area contributed by atoms with E-state index in [9.17, 15) is 9.59 Å². The van der Waals surface area contributed by atoms with Gasteiger partial charge in [0.2, 0.25) is 0 Å². The van der Waals surface area contributed by atoms with Crippen molar-refractivity contribution in [2.45, 2.75) is 129 Å². The Morgan fingerprint density at radius 3 is 1.81 bits per heavy atom. The molecule has 0 fully saturated rings. The Hall–Kier alpha value is -1.68. The predicted molar refractivity (Wildman–Crippen MR) is 136 cm³/mol. The average Bonchev–Trinajstić information content (AvgIpc) is 2.81. The molecule has 0 bridgehead atoms. The van der Waals surface area contributed by atoms with E-state index in [0.29, 0.717) is 17.2 Å². The molecule has 0 radical (unpaired) electrons. The molecule has 0 heterocycles. The highest BCUT2D eigenvalue weighted by Crippen LogP contribution is 2.15. The van der Waals surface area contributed by atoms with E-state index in [0.717, 1.165) is 32.0 Å². The standard InChI is InChI=1S/C28H48N2O2/c1-3-5-15-26(29)16-13-11-9-7-8-10-12-14-18-27(17-6-4-2)30-28(32)25-21-19-24(23-31)20-22-25/h19-23,26-27H,3-18,29H2,1-2H3,(H,30,32)/t26?,27-/m0/s1. The van der Waals surface area contributed by atoms with Crippen molar-refractivity contribution in [3.05, 3.63) is 35.4 Å². The first kappa shape index (κ1) is 28.4. The minimum Gasteiger partial charge on any atom is -0.349 e. The van der Waals surface area contributed by atoms with Crippen molar-refractivity contribution >= 4 is 12.2 Å². The summed E-state index contributed by atoms with van der Waals surface area (Å²) in [5, 5.41) is 3.22. The Labute approximate surface area is 197 Å². The molecule has 0 spiro atoms. The van der Waals surface area contributed by atoms with Crippen LogP contribution in [0.3, 0.4) is 0 Å². The summed E-state index contributed by atoms with van der Waals surface area (Å²) in [4.78, 5) is 23.4. The third kappa shape index (κ3) is 13.7. The predicted octanol–water partition coefficient (Wildman–Crippen LogP) is 7.21.